The van der Waals surface area contributed by atoms with Gasteiger partial charge in [0, 0.05) is 0 Å². The maximum absolute atomic E-state index is 10.00. The Balaban J connectivity index is 2.33. The van der Waals surface area contributed by atoms with Crippen LogP contribution < -0.4 is 14.2 Å². The van der Waals surface area contributed by atoms with Gasteiger partial charge in [-0.1, -0.05) is 18.2 Å². The predicted octanol–water partition coefficient (Wildman–Crippen LogP) is 4.76. The topological polar surface area (TPSA) is 47.9 Å². The van der Waals surface area contributed by atoms with Crippen LogP contribution in [0.4, 0.5) is 0 Å². The number of phenols is 1. The molecule has 0 amide bonds. The fourth-order valence-electron chi connectivity index (χ4n) is 1.94. The number of benzene rings is 2. The highest BCUT2D eigenvalue weighted by Crippen LogP contribution is 2.41. The Kier molecular flexibility index (Phi) is 5.15. The van der Waals surface area contributed by atoms with Crippen LogP contribution >= 0.6 is 0 Å². The summed E-state index contributed by atoms with van der Waals surface area (Å²) in [6.45, 7) is 7.70. The molecule has 0 atom stereocenters. The number of aromatic hydroxyl groups is 1. The summed E-state index contributed by atoms with van der Waals surface area (Å²) in [7, 11) is 0. The molecular formula is C18H22O4. The SMILES string of the molecule is CC(C)Oc1ccccc1Oc1cccc(O)c1OC(C)C. The summed E-state index contributed by atoms with van der Waals surface area (Å²) in [4.78, 5) is 0. The average Bonchev–Trinajstić information content (AvgIpc) is 2.44. The summed E-state index contributed by atoms with van der Waals surface area (Å²) < 4.78 is 17.3. The molecule has 2 aromatic rings. The molecule has 0 unspecified atom stereocenters. The molecule has 118 valence electrons. The van der Waals surface area contributed by atoms with Gasteiger partial charge < -0.3 is 19.3 Å². The van der Waals surface area contributed by atoms with Crippen molar-refractivity contribution in [1.29, 1.82) is 0 Å². The first-order valence-electron chi connectivity index (χ1n) is 7.39. The lowest BCUT2D eigenvalue weighted by atomic mass is 10.2. The Morgan fingerprint density at radius 3 is 1.95 bits per heavy atom. The largest absolute Gasteiger partial charge is 0.504 e. The average molecular weight is 302 g/mol. The van der Waals surface area contributed by atoms with E-state index < -0.39 is 0 Å². The zero-order valence-corrected chi connectivity index (χ0v) is 13.4. The Labute approximate surface area is 131 Å². The summed E-state index contributed by atoms with van der Waals surface area (Å²) >= 11 is 0. The number of hydrogen-bond acceptors (Lipinski definition) is 4. The van der Waals surface area contributed by atoms with Crippen molar-refractivity contribution in [3.8, 4) is 28.7 Å². The van der Waals surface area contributed by atoms with Crippen LogP contribution in [-0.4, -0.2) is 17.3 Å². The van der Waals surface area contributed by atoms with E-state index >= 15 is 0 Å². The molecule has 0 saturated heterocycles. The van der Waals surface area contributed by atoms with Gasteiger partial charge in [0.1, 0.15) is 0 Å². The molecule has 0 heterocycles. The van der Waals surface area contributed by atoms with Crippen LogP contribution in [0.15, 0.2) is 42.5 Å². The third-order valence-corrected chi connectivity index (χ3v) is 2.74. The highest BCUT2D eigenvalue weighted by atomic mass is 16.5. The van der Waals surface area contributed by atoms with Crippen LogP contribution in [0.3, 0.4) is 0 Å². The molecule has 1 N–H and O–H groups in total. The highest BCUT2D eigenvalue weighted by Gasteiger charge is 2.15. The van der Waals surface area contributed by atoms with Crippen LogP contribution in [0.25, 0.3) is 0 Å². The minimum Gasteiger partial charge on any atom is -0.504 e. The van der Waals surface area contributed by atoms with Gasteiger partial charge in [-0.2, -0.15) is 0 Å². The smallest absolute Gasteiger partial charge is 0.204 e. The van der Waals surface area contributed by atoms with Gasteiger partial charge in [0.05, 0.1) is 12.2 Å². The molecule has 4 heteroatoms. The van der Waals surface area contributed by atoms with E-state index in [1.165, 1.54) is 0 Å². The second-order valence-corrected chi connectivity index (χ2v) is 5.49. The molecule has 0 aliphatic rings. The molecule has 0 radical (unpaired) electrons. The van der Waals surface area contributed by atoms with Crippen LogP contribution in [0.2, 0.25) is 0 Å². The summed E-state index contributed by atoms with van der Waals surface area (Å²) in [5, 5.41) is 10.00. The minimum atomic E-state index is -0.0715. The standard InChI is InChI=1S/C18H22O4/c1-12(2)20-15-9-5-6-10-16(15)22-17-11-7-8-14(19)18(17)21-13(3)4/h5-13,19H,1-4H3. The number of para-hydroxylation sites is 3. The van der Waals surface area contributed by atoms with Crippen LogP contribution in [0.1, 0.15) is 27.7 Å². The van der Waals surface area contributed by atoms with Crippen molar-refractivity contribution >= 4 is 0 Å². The predicted molar refractivity (Wildman–Crippen MR) is 86.2 cm³/mol. The molecule has 2 aromatic carbocycles. The third-order valence-electron chi connectivity index (χ3n) is 2.74. The number of hydrogen-bond donors (Lipinski definition) is 1. The van der Waals surface area contributed by atoms with Gasteiger partial charge in [0.15, 0.2) is 23.0 Å². The maximum atomic E-state index is 10.00. The number of phenolic OH excluding ortho intramolecular Hbond substituents is 1. The van der Waals surface area contributed by atoms with E-state index in [9.17, 15) is 5.11 Å². The molecule has 0 bridgehead atoms. The van der Waals surface area contributed by atoms with E-state index in [2.05, 4.69) is 0 Å². The van der Waals surface area contributed by atoms with Crippen molar-refractivity contribution < 1.29 is 19.3 Å². The highest BCUT2D eigenvalue weighted by molar-refractivity contribution is 5.53. The molecule has 4 nitrogen and oxygen atoms in total. The first-order chi connectivity index (χ1) is 10.5. The molecule has 0 saturated carbocycles. The lowest BCUT2D eigenvalue weighted by Gasteiger charge is -2.18. The summed E-state index contributed by atoms with van der Waals surface area (Å²) in [5.74, 6) is 2.06. The fraction of sp³-hybridized carbons (Fsp3) is 0.333. The Morgan fingerprint density at radius 1 is 0.727 bits per heavy atom. The van der Waals surface area contributed by atoms with Crippen molar-refractivity contribution in [2.75, 3.05) is 0 Å². The second kappa shape index (κ2) is 7.07. The van der Waals surface area contributed by atoms with E-state index in [-0.39, 0.29) is 18.0 Å². The van der Waals surface area contributed by atoms with Gasteiger partial charge in [-0.05, 0) is 52.0 Å². The number of rotatable bonds is 6. The zero-order chi connectivity index (χ0) is 16.1. The molecule has 0 aromatic heterocycles. The van der Waals surface area contributed by atoms with Crippen LogP contribution in [-0.2, 0) is 0 Å². The van der Waals surface area contributed by atoms with Crippen LogP contribution in [0.5, 0.6) is 28.7 Å². The lowest BCUT2D eigenvalue weighted by Crippen LogP contribution is -2.08. The van der Waals surface area contributed by atoms with E-state index in [0.717, 1.165) is 0 Å². The van der Waals surface area contributed by atoms with Crippen molar-refractivity contribution in [1.82, 2.24) is 0 Å². The molecular weight excluding hydrogens is 280 g/mol. The second-order valence-electron chi connectivity index (χ2n) is 5.49. The first kappa shape index (κ1) is 16.0. The monoisotopic (exact) mass is 302 g/mol. The quantitative estimate of drug-likeness (QED) is 0.836. The van der Waals surface area contributed by atoms with Crippen molar-refractivity contribution in [3.05, 3.63) is 42.5 Å². The van der Waals surface area contributed by atoms with Gasteiger partial charge in [-0.25, -0.2) is 0 Å². The molecule has 0 spiro atoms. The first-order valence-corrected chi connectivity index (χ1v) is 7.39. The Bertz CT molecular complexity index is 620. The zero-order valence-electron chi connectivity index (χ0n) is 13.4. The van der Waals surface area contributed by atoms with Crippen molar-refractivity contribution in [2.45, 2.75) is 39.9 Å². The Morgan fingerprint density at radius 2 is 1.32 bits per heavy atom. The Hall–Kier alpha value is -2.36. The molecule has 22 heavy (non-hydrogen) atoms. The third kappa shape index (κ3) is 4.07. The van der Waals surface area contributed by atoms with Gasteiger partial charge in [0.25, 0.3) is 0 Å². The molecule has 0 aliphatic carbocycles. The minimum absolute atomic E-state index is 0.0420. The van der Waals surface area contributed by atoms with E-state index in [1.54, 1.807) is 18.2 Å². The van der Waals surface area contributed by atoms with Gasteiger partial charge >= 0.3 is 0 Å². The summed E-state index contributed by atoms with van der Waals surface area (Å²) in [6.07, 6.45) is -0.0295. The van der Waals surface area contributed by atoms with Crippen molar-refractivity contribution in [3.63, 3.8) is 0 Å². The van der Waals surface area contributed by atoms with Crippen molar-refractivity contribution in [2.24, 2.45) is 0 Å². The fourth-order valence-corrected chi connectivity index (χ4v) is 1.94. The summed E-state index contributed by atoms with van der Waals surface area (Å²) in [6, 6.07) is 12.5. The molecule has 2 rings (SSSR count). The van der Waals surface area contributed by atoms with Gasteiger partial charge in [-0.15, -0.1) is 0 Å². The molecule has 0 aliphatic heterocycles. The number of ether oxygens (including phenoxy) is 3. The van der Waals surface area contributed by atoms with Gasteiger partial charge in [-0.3, -0.25) is 0 Å². The summed E-state index contributed by atoms with van der Waals surface area (Å²) in [5.41, 5.74) is 0. The normalized spacial score (nSPS) is 10.8. The van der Waals surface area contributed by atoms with E-state index in [0.29, 0.717) is 23.0 Å². The van der Waals surface area contributed by atoms with Crippen LogP contribution in [0, 0.1) is 0 Å². The van der Waals surface area contributed by atoms with E-state index in [1.807, 2.05) is 52.0 Å². The maximum Gasteiger partial charge on any atom is 0.204 e. The molecule has 0 fully saturated rings. The van der Waals surface area contributed by atoms with Gasteiger partial charge in [0.2, 0.25) is 5.75 Å². The van der Waals surface area contributed by atoms with E-state index in [4.69, 9.17) is 14.2 Å². The lowest BCUT2D eigenvalue weighted by molar-refractivity contribution is 0.217.